The van der Waals surface area contributed by atoms with E-state index in [-0.39, 0.29) is 24.4 Å². The Kier molecular flexibility index (Phi) is 7.16. The Balaban J connectivity index is 0.00000180. The van der Waals surface area contributed by atoms with E-state index in [1.807, 2.05) is 0 Å². The van der Waals surface area contributed by atoms with Gasteiger partial charge in [-0.05, 0) is 31.1 Å². The summed E-state index contributed by atoms with van der Waals surface area (Å²) in [6.45, 7) is 5.24. The van der Waals surface area contributed by atoms with Gasteiger partial charge in [-0.1, -0.05) is 39.5 Å². The van der Waals surface area contributed by atoms with Crippen LogP contribution in [0.2, 0.25) is 0 Å². The molecule has 3 unspecified atom stereocenters. The van der Waals surface area contributed by atoms with Crippen LogP contribution in [0.25, 0.3) is 0 Å². The van der Waals surface area contributed by atoms with Gasteiger partial charge in [0, 0.05) is 12.6 Å². The Morgan fingerprint density at radius 1 is 1.26 bits per heavy atom. The number of carbonyl (C=O) groups is 1. The summed E-state index contributed by atoms with van der Waals surface area (Å²) in [4.78, 5) is 12.2. The van der Waals surface area contributed by atoms with Crippen molar-refractivity contribution in [3.63, 3.8) is 0 Å². The van der Waals surface area contributed by atoms with Crippen LogP contribution in [0.15, 0.2) is 0 Å². The van der Waals surface area contributed by atoms with Gasteiger partial charge < -0.3 is 10.6 Å². The molecule has 1 aliphatic carbocycles. The SMILES string of the molecule is CCC(CC)CNC(=O)C1CC2CCCCC2N1.Cl. The lowest BCUT2D eigenvalue weighted by atomic mass is 9.85. The highest BCUT2D eigenvalue weighted by molar-refractivity contribution is 5.85. The lowest BCUT2D eigenvalue weighted by Crippen LogP contribution is -2.44. The molecule has 1 saturated carbocycles. The zero-order valence-electron chi connectivity index (χ0n) is 12.3. The first-order valence-electron chi connectivity index (χ1n) is 7.78. The first kappa shape index (κ1) is 16.8. The number of hydrogen-bond donors (Lipinski definition) is 2. The largest absolute Gasteiger partial charge is 0.354 e. The minimum Gasteiger partial charge on any atom is -0.354 e. The summed E-state index contributed by atoms with van der Waals surface area (Å²) in [5.41, 5.74) is 0. The summed E-state index contributed by atoms with van der Waals surface area (Å²) in [6, 6.07) is 0.690. The quantitative estimate of drug-likeness (QED) is 0.817. The van der Waals surface area contributed by atoms with Crippen LogP contribution < -0.4 is 10.6 Å². The normalized spacial score (nSPS) is 29.7. The summed E-state index contributed by atoms with van der Waals surface area (Å²) in [7, 11) is 0. The molecule has 1 heterocycles. The molecule has 3 atom stereocenters. The van der Waals surface area contributed by atoms with Crippen molar-refractivity contribution in [3.05, 3.63) is 0 Å². The Bertz CT molecular complexity index is 267. The maximum absolute atomic E-state index is 12.2. The number of nitrogens with one attached hydrogen (secondary N) is 2. The van der Waals surface area contributed by atoms with Crippen LogP contribution in [0.3, 0.4) is 0 Å². The van der Waals surface area contributed by atoms with Crippen molar-refractivity contribution in [3.8, 4) is 0 Å². The number of amides is 1. The van der Waals surface area contributed by atoms with E-state index in [0.29, 0.717) is 12.0 Å². The van der Waals surface area contributed by atoms with Gasteiger partial charge in [-0.2, -0.15) is 0 Å². The third kappa shape index (κ3) is 4.35. The van der Waals surface area contributed by atoms with Crippen LogP contribution in [-0.4, -0.2) is 24.5 Å². The van der Waals surface area contributed by atoms with Gasteiger partial charge in [-0.25, -0.2) is 0 Å². The molecule has 2 aliphatic rings. The molecule has 0 aromatic heterocycles. The summed E-state index contributed by atoms with van der Waals surface area (Å²) >= 11 is 0. The fraction of sp³-hybridized carbons (Fsp3) is 0.933. The van der Waals surface area contributed by atoms with Crippen molar-refractivity contribution in [1.29, 1.82) is 0 Å². The highest BCUT2D eigenvalue weighted by Gasteiger charge is 2.38. The molecule has 19 heavy (non-hydrogen) atoms. The number of carbonyl (C=O) groups excluding carboxylic acids is 1. The highest BCUT2D eigenvalue weighted by Crippen LogP contribution is 2.33. The van der Waals surface area contributed by atoms with Gasteiger partial charge >= 0.3 is 0 Å². The monoisotopic (exact) mass is 288 g/mol. The zero-order valence-corrected chi connectivity index (χ0v) is 13.1. The topological polar surface area (TPSA) is 41.1 Å². The smallest absolute Gasteiger partial charge is 0.237 e. The van der Waals surface area contributed by atoms with E-state index < -0.39 is 0 Å². The highest BCUT2D eigenvalue weighted by atomic mass is 35.5. The molecule has 0 bridgehead atoms. The number of fused-ring (bicyclic) bond motifs is 1. The molecule has 1 aliphatic heterocycles. The fourth-order valence-electron chi connectivity index (χ4n) is 3.47. The van der Waals surface area contributed by atoms with Gasteiger partial charge in [0.05, 0.1) is 6.04 Å². The molecule has 0 radical (unpaired) electrons. The van der Waals surface area contributed by atoms with Gasteiger partial charge in [0.15, 0.2) is 0 Å². The molecule has 2 rings (SSSR count). The zero-order chi connectivity index (χ0) is 13.0. The first-order valence-corrected chi connectivity index (χ1v) is 7.78. The average molecular weight is 289 g/mol. The minimum atomic E-state index is 0. The van der Waals surface area contributed by atoms with E-state index in [1.54, 1.807) is 0 Å². The Morgan fingerprint density at radius 2 is 1.95 bits per heavy atom. The van der Waals surface area contributed by atoms with E-state index in [1.165, 1.54) is 25.7 Å². The van der Waals surface area contributed by atoms with Crippen molar-refractivity contribution >= 4 is 18.3 Å². The number of halogens is 1. The van der Waals surface area contributed by atoms with Crippen molar-refractivity contribution in [1.82, 2.24) is 10.6 Å². The first-order chi connectivity index (χ1) is 8.74. The van der Waals surface area contributed by atoms with Crippen molar-refractivity contribution in [2.24, 2.45) is 11.8 Å². The maximum Gasteiger partial charge on any atom is 0.237 e. The summed E-state index contributed by atoms with van der Waals surface area (Å²) < 4.78 is 0. The summed E-state index contributed by atoms with van der Waals surface area (Å²) in [6.07, 6.45) is 8.62. The van der Waals surface area contributed by atoms with Gasteiger partial charge in [-0.15, -0.1) is 12.4 Å². The van der Waals surface area contributed by atoms with Crippen LogP contribution in [-0.2, 0) is 4.79 Å². The molecule has 1 saturated heterocycles. The van der Waals surface area contributed by atoms with Crippen LogP contribution in [0.1, 0.15) is 58.8 Å². The summed E-state index contributed by atoms with van der Waals surface area (Å²) in [5, 5.41) is 6.68. The molecular formula is C15H29ClN2O. The van der Waals surface area contributed by atoms with Crippen LogP contribution >= 0.6 is 12.4 Å². The van der Waals surface area contributed by atoms with Crippen molar-refractivity contribution in [2.45, 2.75) is 70.9 Å². The van der Waals surface area contributed by atoms with Gasteiger partial charge in [0.1, 0.15) is 0 Å². The molecule has 0 aromatic carbocycles. The second kappa shape index (κ2) is 8.11. The average Bonchev–Trinajstić information content (AvgIpc) is 2.83. The second-order valence-electron chi connectivity index (χ2n) is 6.03. The number of rotatable bonds is 5. The van der Waals surface area contributed by atoms with E-state index >= 15 is 0 Å². The molecular weight excluding hydrogens is 260 g/mol. The summed E-state index contributed by atoms with van der Waals surface area (Å²) in [5.74, 6) is 1.62. The Hall–Kier alpha value is -0.280. The molecule has 2 fully saturated rings. The van der Waals surface area contributed by atoms with Gasteiger partial charge in [0.2, 0.25) is 5.91 Å². The van der Waals surface area contributed by atoms with Crippen molar-refractivity contribution in [2.75, 3.05) is 6.54 Å². The minimum absolute atomic E-state index is 0. The van der Waals surface area contributed by atoms with E-state index in [4.69, 9.17) is 0 Å². The molecule has 2 N–H and O–H groups in total. The van der Waals surface area contributed by atoms with E-state index in [9.17, 15) is 4.79 Å². The maximum atomic E-state index is 12.2. The van der Waals surface area contributed by atoms with Crippen molar-refractivity contribution < 1.29 is 4.79 Å². The molecule has 3 nitrogen and oxygen atoms in total. The van der Waals surface area contributed by atoms with Gasteiger partial charge in [0.25, 0.3) is 0 Å². The van der Waals surface area contributed by atoms with Crippen LogP contribution in [0.4, 0.5) is 0 Å². The second-order valence-corrected chi connectivity index (χ2v) is 6.03. The molecule has 0 spiro atoms. The predicted octanol–water partition coefficient (Wildman–Crippen LogP) is 2.88. The number of hydrogen-bond acceptors (Lipinski definition) is 2. The Labute approximate surface area is 123 Å². The fourth-order valence-corrected chi connectivity index (χ4v) is 3.47. The molecule has 0 aromatic rings. The molecule has 1 amide bonds. The Morgan fingerprint density at radius 3 is 2.58 bits per heavy atom. The third-order valence-corrected chi connectivity index (χ3v) is 4.90. The van der Waals surface area contributed by atoms with Crippen LogP contribution in [0.5, 0.6) is 0 Å². The lowest BCUT2D eigenvalue weighted by Gasteiger charge is -2.24. The standard InChI is InChI=1S/C15H28N2O.ClH/c1-3-11(4-2)10-16-15(18)14-9-12-7-5-6-8-13(12)17-14;/h11-14,17H,3-10H2,1-2H3,(H,16,18);1H. The molecule has 112 valence electrons. The molecule has 4 heteroatoms. The predicted molar refractivity (Wildman–Crippen MR) is 81.6 cm³/mol. The van der Waals surface area contributed by atoms with Gasteiger partial charge in [-0.3, -0.25) is 4.79 Å². The van der Waals surface area contributed by atoms with Crippen LogP contribution in [0, 0.1) is 11.8 Å². The lowest BCUT2D eigenvalue weighted by molar-refractivity contribution is -0.123. The van der Waals surface area contributed by atoms with E-state index in [2.05, 4.69) is 24.5 Å². The van der Waals surface area contributed by atoms with E-state index in [0.717, 1.165) is 31.7 Å². The third-order valence-electron chi connectivity index (χ3n) is 4.90.